The summed E-state index contributed by atoms with van der Waals surface area (Å²) in [6.07, 6.45) is 3.09. The summed E-state index contributed by atoms with van der Waals surface area (Å²) in [5.41, 5.74) is 3.69. The molecule has 0 spiro atoms. The molecule has 0 radical (unpaired) electrons. The van der Waals surface area contributed by atoms with Crippen LogP contribution in [0.1, 0.15) is 67.8 Å². The number of hydrogen-bond donors (Lipinski definition) is 2. The fourth-order valence-corrected chi connectivity index (χ4v) is 6.32. The summed E-state index contributed by atoms with van der Waals surface area (Å²) in [4.78, 5) is 28.5. The van der Waals surface area contributed by atoms with Crippen molar-refractivity contribution in [3.8, 4) is 17.2 Å². The largest absolute Gasteiger partial charge is 0.494 e. The Morgan fingerprint density at radius 2 is 1.61 bits per heavy atom. The maximum Gasteiger partial charge on any atom is 0.309 e. The number of halogens is 1. The monoisotopic (exact) mass is 604 g/mol. The van der Waals surface area contributed by atoms with Gasteiger partial charge in [-0.2, -0.15) is 0 Å². The van der Waals surface area contributed by atoms with E-state index < -0.39 is 23.8 Å². The minimum absolute atomic E-state index is 0.0338. The summed E-state index contributed by atoms with van der Waals surface area (Å²) >= 11 is 0. The summed E-state index contributed by atoms with van der Waals surface area (Å²) in [6.45, 7) is 7.75. The Kier molecular flexibility index (Phi) is 10.0. The normalized spacial score (nSPS) is 19.5. The van der Waals surface area contributed by atoms with Crippen LogP contribution in [-0.2, 0) is 22.4 Å². The zero-order chi connectivity index (χ0) is 31.2. The summed E-state index contributed by atoms with van der Waals surface area (Å²) in [5, 5.41) is 13.7. The van der Waals surface area contributed by atoms with Crippen molar-refractivity contribution in [2.45, 2.75) is 58.4 Å². The average molecular weight is 605 g/mol. The fraction of sp³-hybridized carbons (Fsp3) is 0.429. The van der Waals surface area contributed by atoms with Crippen molar-refractivity contribution < 1.29 is 33.3 Å². The van der Waals surface area contributed by atoms with Gasteiger partial charge >= 0.3 is 5.97 Å². The zero-order valence-corrected chi connectivity index (χ0v) is 25.6. The van der Waals surface area contributed by atoms with Crippen LogP contribution in [0.4, 0.5) is 10.1 Å². The molecule has 1 fully saturated rings. The van der Waals surface area contributed by atoms with Crippen LogP contribution in [0.2, 0.25) is 0 Å². The van der Waals surface area contributed by atoms with Gasteiger partial charge in [0.15, 0.2) is 11.5 Å². The summed E-state index contributed by atoms with van der Waals surface area (Å²) in [6, 6.07) is 15.4. The molecule has 2 heterocycles. The smallest absolute Gasteiger partial charge is 0.309 e. The summed E-state index contributed by atoms with van der Waals surface area (Å²) < 4.78 is 31.6. The van der Waals surface area contributed by atoms with Gasteiger partial charge in [0.1, 0.15) is 24.8 Å². The van der Waals surface area contributed by atoms with Gasteiger partial charge in [-0.3, -0.25) is 14.5 Å². The van der Waals surface area contributed by atoms with E-state index in [1.54, 1.807) is 0 Å². The molecule has 3 aromatic rings. The number of ether oxygens (including phenoxy) is 3. The van der Waals surface area contributed by atoms with Crippen LogP contribution in [0.25, 0.3) is 0 Å². The first kappa shape index (κ1) is 31.3. The van der Waals surface area contributed by atoms with Crippen molar-refractivity contribution in [1.82, 2.24) is 4.90 Å². The highest BCUT2D eigenvalue weighted by Crippen LogP contribution is 2.47. The van der Waals surface area contributed by atoms with E-state index in [1.165, 1.54) is 12.1 Å². The molecule has 8 nitrogen and oxygen atoms in total. The number of likely N-dealkylation sites (tertiary alicyclic amines) is 1. The molecule has 1 unspecified atom stereocenters. The quantitative estimate of drug-likeness (QED) is 0.232. The highest BCUT2D eigenvalue weighted by Gasteiger charge is 2.48. The van der Waals surface area contributed by atoms with Crippen LogP contribution in [0.15, 0.2) is 54.6 Å². The lowest BCUT2D eigenvalue weighted by Gasteiger charge is -2.27. The molecule has 0 aromatic heterocycles. The summed E-state index contributed by atoms with van der Waals surface area (Å²) in [5.74, 6) is -0.854. The van der Waals surface area contributed by atoms with E-state index in [9.17, 15) is 19.1 Å². The van der Waals surface area contributed by atoms with Crippen molar-refractivity contribution in [3.63, 3.8) is 0 Å². The predicted octanol–water partition coefficient (Wildman–Crippen LogP) is 6.38. The van der Waals surface area contributed by atoms with Gasteiger partial charge < -0.3 is 24.6 Å². The number of amides is 1. The molecule has 44 heavy (non-hydrogen) atoms. The third kappa shape index (κ3) is 6.83. The Labute approximate surface area is 258 Å². The van der Waals surface area contributed by atoms with Crippen LogP contribution < -0.4 is 19.5 Å². The van der Waals surface area contributed by atoms with Crippen LogP contribution in [0, 0.1) is 11.7 Å². The zero-order valence-electron chi connectivity index (χ0n) is 25.6. The lowest BCUT2D eigenvalue weighted by atomic mass is 9.82. The van der Waals surface area contributed by atoms with E-state index in [0.29, 0.717) is 56.4 Å². The molecule has 2 aliphatic heterocycles. The maximum atomic E-state index is 14.2. The van der Waals surface area contributed by atoms with E-state index in [2.05, 4.69) is 12.2 Å². The lowest BCUT2D eigenvalue weighted by Crippen LogP contribution is -2.35. The second-order valence-corrected chi connectivity index (χ2v) is 11.4. The van der Waals surface area contributed by atoms with Gasteiger partial charge in [0.2, 0.25) is 5.91 Å². The number of aryl methyl sites for hydroxylation is 2. The minimum atomic E-state index is -0.943. The number of fused-ring (bicyclic) bond motifs is 1. The minimum Gasteiger partial charge on any atom is -0.494 e. The van der Waals surface area contributed by atoms with Crippen molar-refractivity contribution in [2.75, 3.05) is 38.2 Å². The number of hydrogen-bond acceptors (Lipinski definition) is 6. The molecule has 3 atom stereocenters. The van der Waals surface area contributed by atoms with Gasteiger partial charge in [-0.05, 0) is 77.9 Å². The van der Waals surface area contributed by atoms with Crippen molar-refractivity contribution in [2.24, 2.45) is 5.92 Å². The maximum absolute atomic E-state index is 14.2. The average Bonchev–Trinajstić information content (AvgIpc) is 3.41. The SMILES string of the molecule is CCCCOc1ccc([C@H]2C(C(=O)O)[C@@H](c3ccc4c(c3)OCCO4)CN2CC(=O)Nc2c(CC)cc(F)cc2CC)cc1. The molecule has 5 rings (SSSR count). The first-order valence-corrected chi connectivity index (χ1v) is 15.5. The number of unbranched alkanes of at least 4 members (excludes halogenated alkanes) is 1. The van der Waals surface area contributed by atoms with E-state index in [1.807, 2.05) is 61.2 Å². The standard InChI is InChI=1S/C35H41FN2O6/c1-4-7-14-42-27-11-8-24(9-12-27)34-32(35(40)41)28(25-10-13-29-30(19-25)44-16-15-43-29)20-38(34)21-31(39)37-33-22(5-2)17-26(36)18-23(33)6-3/h8-13,17-19,28,32,34H,4-7,14-16,20-21H2,1-3H3,(H,37,39)(H,40,41)/t28-,32?,34+/m1/s1. The Bertz CT molecular complexity index is 1450. The number of nitrogens with zero attached hydrogens (tertiary/aromatic N) is 1. The first-order chi connectivity index (χ1) is 21.3. The first-order valence-electron chi connectivity index (χ1n) is 15.5. The number of carboxylic acids is 1. The van der Waals surface area contributed by atoms with Crippen molar-refractivity contribution in [1.29, 1.82) is 0 Å². The van der Waals surface area contributed by atoms with E-state index in [-0.39, 0.29) is 18.3 Å². The molecule has 0 aliphatic carbocycles. The predicted molar refractivity (Wildman–Crippen MR) is 166 cm³/mol. The molecule has 0 saturated carbocycles. The second-order valence-electron chi connectivity index (χ2n) is 11.4. The molecule has 9 heteroatoms. The molecular weight excluding hydrogens is 563 g/mol. The lowest BCUT2D eigenvalue weighted by molar-refractivity contribution is -0.143. The van der Waals surface area contributed by atoms with E-state index in [0.717, 1.165) is 40.8 Å². The molecule has 1 amide bonds. The van der Waals surface area contributed by atoms with Gasteiger partial charge in [0.25, 0.3) is 0 Å². The molecule has 0 bridgehead atoms. The Morgan fingerprint density at radius 3 is 2.25 bits per heavy atom. The van der Waals surface area contributed by atoms with Crippen LogP contribution in [-0.4, -0.2) is 54.8 Å². The van der Waals surface area contributed by atoms with Crippen LogP contribution in [0.3, 0.4) is 0 Å². The van der Waals surface area contributed by atoms with Gasteiger partial charge in [-0.15, -0.1) is 0 Å². The number of aliphatic carboxylic acids is 1. The number of rotatable bonds is 12. The Balaban J connectivity index is 1.47. The highest BCUT2D eigenvalue weighted by molar-refractivity contribution is 5.94. The summed E-state index contributed by atoms with van der Waals surface area (Å²) in [7, 11) is 0. The van der Waals surface area contributed by atoms with Crippen LogP contribution >= 0.6 is 0 Å². The van der Waals surface area contributed by atoms with Gasteiger partial charge in [-0.1, -0.05) is 45.4 Å². The van der Waals surface area contributed by atoms with E-state index >= 15 is 0 Å². The molecule has 3 aromatic carbocycles. The number of anilines is 1. The number of nitrogens with one attached hydrogen (secondary N) is 1. The third-order valence-corrected chi connectivity index (χ3v) is 8.51. The molecule has 2 aliphatic rings. The van der Waals surface area contributed by atoms with Gasteiger partial charge in [0.05, 0.1) is 19.1 Å². The highest BCUT2D eigenvalue weighted by atomic mass is 19.1. The van der Waals surface area contributed by atoms with Gasteiger partial charge in [0, 0.05) is 24.2 Å². The topological polar surface area (TPSA) is 97.3 Å². The molecule has 234 valence electrons. The Hall–Kier alpha value is -4.11. The van der Waals surface area contributed by atoms with E-state index in [4.69, 9.17) is 14.2 Å². The molecule has 1 saturated heterocycles. The fourth-order valence-electron chi connectivity index (χ4n) is 6.32. The second kappa shape index (κ2) is 14.1. The third-order valence-electron chi connectivity index (χ3n) is 8.51. The molecule has 2 N–H and O–H groups in total. The van der Waals surface area contributed by atoms with Crippen LogP contribution in [0.5, 0.6) is 17.2 Å². The number of benzene rings is 3. The number of carbonyl (C=O) groups excluding carboxylic acids is 1. The molecular formula is C35H41FN2O6. The number of carboxylic acid groups (broad SMARTS) is 1. The van der Waals surface area contributed by atoms with Crippen molar-refractivity contribution >= 4 is 17.6 Å². The van der Waals surface area contributed by atoms with Crippen molar-refractivity contribution in [3.05, 3.63) is 82.7 Å². The van der Waals surface area contributed by atoms with Gasteiger partial charge in [-0.25, -0.2) is 4.39 Å². The number of carbonyl (C=O) groups is 2. The Morgan fingerprint density at radius 1 is 0.955 bits per heavy atom.